The molecule has 0 aliphatic carbocycles. The first-order chi connectivity index (χ1) is 15.0. The van der Waals surface area contributed by atoms with Crippen LogP contribution in [0.2, 0.25) is 0 Å². The van der Waals surface area contributed by atoms with Gasteiger partial charge in [0, 0.05) is 25.0 Å². The number of sulfonamides is 1. The van der Waals surface area contributed by atoms with Crippen molar-refractivity contribution < 1.29 is 13.2 Å². The fraction of sp³-hybridized carbons (Fsp3) is 0.720. The van der Waals surface area contributed by atoms with E-state index in [2.05, 4.69) is 31.0 Å². The van der Waals surface area contributed by atoms with Crippen molar-refractivity contribution in [2.75, 3.05) is 32.7 Å². The highest BCUT2D eigenvalue weighted by Crippen LogP contribution is 2.31. The van der Waals surface area contributed by atoms with Gasteiger partial charge in [0.15, 0.2) is 0 Å². The van der Waals surface area contributed by atoms with Crippen molar-refractivity contribution >= 4 is 15.9 Å². The van der Waals surface area contributed by atoms with Crippen molar-refractivity contribution in [3.8, 4) is 0 Å². The molecule has 0 saturated carbocycles. The third kappa shape index (κ3) is 6.33. The van der Waals surface area contributed by atoms with Crippen LogP contribution in [0.1, 0.15) is 68.7 Å². The molecule has 1 aromatic rings. The van der Waals surface area contributed by atoms with Crippen LogP contribution in [0, 0.1) is 33.6 Å². The van der Waals surface area contributed by atoms with Crippen LogP contribution in [-0.2, 0) is 14.8 Å². The molecular formula is C25H43N3O3S. The van der Waals surface area contributed by atoms with Gasteiger partial charge in [-0.2, -0.15) is 4.31 Å². The average molecular weight is 466 g/mol. The Labute approximate surface area is 195 Å². The summed E-state index contributed by atoms with van der Waals surface area (Å²) in [5.41, 5.74) is 3.64. The molecule has 1 fully saturated rings. The minimum absolute atomic E-state index is 0.0659. The maximum absolute atomic E-state index is 13.4. The van der Waals surface area contributed by atoms with Gasteiger partial charge in [0.1, 0.15) is 0 Å². The highest BCUT2D eigenvalue weighted by Gasteiger charge is 2.34. The molecule has 2 rings (SSSR count). The Morgan fingerprint density at radius 1 is 1.09 bits per heavy atom. The van der Waals surface area contributed by atoms with Gasteiger partial charge < -0.3 is 10.2 Å². The van der Waals surface area contributed by atoms with Crippen LogP contribution in [0.3, 0.4) is 0 Å². The molecule has 1 aliphatic rings. The summed E-state index contributed by atoms with van der Waals surface area (Å²) < 4.78 is 28.4. The molecule has 1 saturated heterocycles. The van der Waals surface area contributed by atoms with E-state index in [1.807, 2.05) is 33.8 Å². The highest BCUT2D eigenvalue weighted by atomic mass is 32.2. The minimum atomic E-state index is -3.57. The van der Waals surface area contributed by atoms with E-state index < -0.39 is 10.0 Å². The Morgan fingerprint density at radius 3 is 2.12 bits per heavy atom. The zero-order valence-corrected chi connectivity index (χ0v) is 21.9. The quantitative estimate of drug-likeness (QED) is 0.568. The average Bonchev–Trinajstić information content (AvgIpc) is 2.75. The molecule has 1 aliphatic heterocycles. The van der Waals surface area contributed by atoms with Gasteiger partial charge >= 0.3 is 0 Å². The second-order valence-corrected chi connectivity index (χ2v) is 11.2. The molecule has 7 heteroatoms. The molecule has 1 heterocycles. The van der Waals surface area contributed by atoms with E-state index in [9.17, 15) is 13.2 Å². The molecule has 0 aromatic heterocycles. The van der Waals surface area contributed by atoms with Gasteiger partial charge in [-0.1, -0.05) is 19.9 Å². The summed E-state index contributed by atoms with van der Waals surface area (Å²) >= 11 is 0. The number of rotatable bonds is 10. The number of carbonyl (C=O) groups is 1. The molecule has 6 nitrogen and oxygen atoms in total. The van der Waals surface area contributed by atoms with Gasteiger partial charge in [-0.15, -0.1) is 0 Å². The molecule has 0 radical (unpaired) electrons. The molecule has 1 atom stereocenters. The van der Waals surface area contributed by atoms with E-state index in [-0.39, 0.29) is 17.9 Å². The van der Waals surface area contributed by atoms with E-state index >= 15 is 0 Å². The van der Waals surface area contributed by atoms with Crippen molar-refractivity contribution in [2.45, 2.75) is 85.1 Å². The van der Waals surface area contributed by atoms with Gasteiger partial charge in [-0.3, -0.25) is 4.79 Å². The van der Waals surface area contributed by atoms with Crippen molar-refractivity contribution in [2.24, 2.45) is 5.92 Å². The molecule has 0 bridgehead atoms. The number of benzene rings is 1. The summed E-state index contributed by atoms with van der Waals surface area (Å²) in [6.45, 7) is 18.0. The van der Waals surface area contributed by atoms with E-state index in [1.165, 1.54) is 0 Å². The molecular weight excluding hydrogens is 422 g/mol. The number of nitrogens with zero attached hydrogens (tertiary/aromatic N) is 2. The van der Waals surface area contributed by atoms with Crippen molar-refractivity contribution in [3.05, 3.63) is 28.3 Å². The zero-order chi connectivity index (χ0) is 24.1. The zero-order valence-electron chi connectivity index (χ0n) is 21.1. The molecule has 1 unspecified atom stereocenters. The Morgan fingerprint density at radius 2 is 1.62 bits per heavy atom. The summed E-state index contributed by atoms with van der Waals surface area (Å²) in [5.74, 6) is -0.0516. The van der Waals surface area contributed by atoms with Gasteiger partial charge in [-0.25, -0.2) is 8.42 Å². The number of nitrogens with one attached hydrogen (secondary N) is 1. The van der Waals surface area contributed by atoms with Crippen LogP contribution in [0.4, 0.5) is 0 Å². The lowest BCUT2D eigenvalue weighted by atomic mass is 9.96. The molecule has 1 amide bonds. The van der Waals surface area contributed by atoms with Gasteiger partial charge in [0.25, 0.3) is 0 Å². The second kappa shape index (κ2) is 11.6. The molecule has 0 spiro atoms. The summed E-state index contributed by atoms with van der Waals surface area (Å²) in [5, 5.41) is 3.15. The number of carbonyl (C=O) groups excluding carboxylic acids is 1. The number of amides is 1. The predicted octanol–water partition coefficient (Wildman–Crippen LogP) is 3.95. The minimum Gasteiger partial charge on any atom is -0.353 e. The molecule has 32 heavy (non-hydrogen) atoms. The number of hydrogen-bond acceptors (Lipinski definition) is 4. The van der Waals surface area contributed by atoms with E-state index in [1.54, 1.807) is 4.31 Å². The lowest BCUT2D eigenvalue weighted by Gasteiger charge is -2.32. The van der Waals surface area contributed by atoms with Gasteiger partial charge in [0.2, 0.25) is 15.9 Å². The third-order valence-corrected chi connectivity index (χ3v) is 9.29. The van der Waals surface area contributed by atoms with Crippen LogP contribution < -0.4 is 5.32 Å². The monoisotopic (exact) mass is 465 g/mol. The van der Waals surface area contributed by atoms with Crippen molar-refractivity contribution in [3.63, 3.8) is 0 Å². The predicted molar refractivity (Wildman–Crippen MR) is 131 cm³/mol. The van der Waals surface area contributed by atoms with E-state index in [0.717, 1.165) is 54.7 Å². The van der Waals surface area contributed by atoms with Gasteiger partial charge in [-0.05, 0) is 102 Å². The highest BCUT2D eigenvalue weighted by molar-refractivity contribution is 7.89. The van der Waals surface area contributed by atoms with Crippen molar-refractivity contribution in [1.82, 2.24) is 14.5 Å². The van der Waals surface area contributed by atoms with Crippen LogP contribution in [0.15, 0.2) is 11.0 Å². The Bertz CT molecular complexity index is 860. The lowest BCUT2D eigenvalue weighted by molar-refractivity contribution is -0.126. The number of aryl methyl sites for hydroxylation is 2. The Hall–Kier alpha value is -1.44. The normalized spacial score (nSPS) is 17.0. The molecule has 1 N–H and O–H groups in total. The standard InChI is InChI=1S/C25H43N3O3S/c1-8-27(9-2)14-10-11-20(5)26-25(29)23-12-15-28(16-13-23)32(30,31)24-21(6)18(3)17-19(4)22(24)7/h17,20,23H,8-16H2,1-7H3,(H,26,29). The maximum atomic E-state index is 13.4. The van der Waals surface area contributed by atoms with E-state index in [4.69, 9.17) is 0 Å². The topological polar surface area (TPSA) is 69.7 Å². The van der Waals surface area contributed by atoms with Crippen LogP contribution in [0.25, 0.3) is 0 Å². The van der Waals surface area contributed by atoms with Crippen LogP contribution in [0.5, 0.6) is 0 Å². The number of hydrogen-bond donors (Lipinski definition) is 1. The Kier molecular flexibility index (Phi) is 9.73. The summed E-state index contributed by atoms with van der Waals surface area (Å²) in [6, 6.07) is 2.18. The third-order valence-electron chi connectivity index (χ3n) is 7.11. The first-order valence-corrected chi connectivity index (χ1v) is 13.6. The number of piperidine rings is 1. The largest absolute Gasteiger partial charge is 0.353 e. The first kappa shape index (κ1) is 26.8. The van der Waals surface area contributed by atoms with Crippen molar-refractivity contribution in [1.29, 1.82) is 0 Å². The maximum Gasteiger partial charge on any atom is 0.243 e. The smallest absolute Gasteiger partial charge is 0.243 e. The lowest BCUT2D eigenvalue weighted by Crippen LogP contribution is -2.45. The summed E-state index contributed by atoms with van der Waals surface area (Å²) in [6.07, 6.45) is 3.16. The van der Waals surface area contributed by atoms with Gasteiger partial charge in [0.05, 0.1) is 4.90 Å². The van der Waals surface area contributed by atoms with Crippen LogP contribution in [-0.4, -0.2) is 62.3 Å². The SMILES string of the molecule is CCN(CC)CCCC(C)NC(=O)C1CCN(S(=O)(=O)c2c(C)c(C)cc(C)c2C)CC1. The molecule has 1 aromatic carbocycles. The fourth-order valence-electron chi connectivity index (χ4n) is 4.65. The fourth-order valence-corrected chi connectivity index (χ4v) is 6.69. The second-order valence-electron chi connectivity index (χ2n) is 9.35. The van der Waals surface area contributed by atoms with E-state index in [0.29, 0.717) is 30.8 Å². The molecule has 182 valence electrons. The summed E-state index contributed by atoms with van der Waals surface area (Å²) in [4.78, 5) is 15.6. The summed E-state index contributed by atoms with van der Waals surface area (Å²) in [7, 11) is -3.57. The Balaban J connectivity index is 1.93. The van der Waals surface area contributed by atoms with Crippen LogP contribution >= 0.6 is 0 Å². The first-order valence-electron chi connectivity index (χ1n) is 12.1.